The predicted molar refractivity (Wildman–Crippen MR) is 108 cm³/mol. The van der Waals surface area contributed by atoms with Crippen LogP contribution in [0.1, 0.15) is 34.5 Å². The Morgan fingerprint density at radius 1 is 1.20 bits per heavy atom. The summed E-state index contributed by atoms with van der Waals surface area (Å²) in [6.07, 6.45) is 3.09. The first-order chi connectivity index (χ1) is 14.5. The van der Waals surface area contributed by atoms with Crippen molar-refractivity contribution < 1.29 is 14.4 Å². The fourth-order valence-electron chi connectivity index (χ4n) is 3.23. The van der Waals surface area contributed by atoms with Crippen molar-refractivity contribution in [3.63, 3.8) is 0 Å². The second kappa shape index (κ2) is 8.16. The highest BCUT2D eigenvalue weighted by atomic mass is 16.2. The number of carbonyl (C=O) groups is 3. The van der Waals surface area contributed by atoms with Gasteiger partial charge >= 0.3 is 6.03 Å². The van der Waals surface area contributed by atoms with E-state index in [-0.39, 0.29) is 30.9 Å². The van der Waals surface area contributed by atoms with Crippen molar-refractivity contribution in [2.24, 2.45) is 0 Å². The summed E-state index contributed by atoms with van der Waals surface area (Å²) in [5, 5.41) is 9.54. The van der Waals surface area contributed by atoms with E-state index in [2.05, 4.69) is 20.7 Å². The Morgan fingerprint density at radius 2 is 2.00 bits per heavy atom. The Bertz CT molecular complexity index is 1060. The standard InChI is InChI=1S/C21H20N6O3/c1-14(16-5-7-18(8-6-16)27-13-22-12-24-27)25-20(29)17-4-2-3-15(9-17)11-26-19(28)10-23-21(26)30/h2-9,12-14H,10-11H2,1H3,(H,23,30)(H,25,29)/t14-/m0/s1. The van der Waals surface area contributed by atoms with Crippen LogP contribution in [0.2, 0.25) is 0 Å². The second-order valence-electron chi connectivity index (χ2n) is 6.97. The average Bonchev–Trinajstić information content (AvgIpc) is 3.40. The van der Waals surface area contributed by atoms with Gasteiger partial charge in [0.15, 0.2) is 0 Å². The number of nitrogens with zero attached hydrogens (tertiary/aromatic N) is 4. The molecule has 1 aromatic heterocycles. The predicted octanol–water partition coefficient (Wildman–Crippen LogP) is 1.81. The molecule has 4 amide bonds. The first kappa shape index (κ1) is 19.3. The Hall–Kier alpha value is -4.01. The van der Waals surface area contributed by atoms with Gasteiger partial charge in [-0.3, -0.25) is 14.5 Å². The number of carbonyl (C=O) groups excluding carboxylic acids is 3. The molecule has 9 heteroatoms. The number of urea groups is 1. The molecule has 0 aliphatic carbocycles. The lowest BCUT2D eigenvalue weighted by Crippen LogP contribution is -2.30. The molecule has 1 aliphatic heterocycles. The van der Waals surface area contributed by atoms with Gasteiger partial charge in [-0.1, -0.05) is 24.3 Å². The number of benzene rings is 2. The molecule has 3 aromatic rings. The van der Waals surface area contributed by atoms with Crippen LogP contribution < -0.4 is 10.6 Å². The molecule has 1 saturated heterocycles. The first-order valence-electron chi connectivity index (χ1n) is 9.44. The lowest BCUT2D eigenvalue weighted by atomic mass is 10.1. The van der Waals surface area contributed by atoms with Gasteiger partial charge in [0.05, 0.1) is 24.8 Å². The van der Waals surface area contributed by atoms with E-state index in [1.54, 1.807) is 35.3 Å². The van der Waals surface area contributed by atoms with Crippen LogP contribution in [-0.2, 0) is 11.3 Å². The third kappa shape index (κ3) is 4.04. The number of imide groups is 1. The maximum atomic E-state index is 12.7. The molecule has 0 saturated carbocycles. The Labute approximate surface area is 172 Å². The molecule has 152 valence electrons. The molecule has 0 spiro atoms. The van der Waals surface area contributed by atoms with Crippen molar-refractivity contribution in [2.45, 2.75) is 19.5 Å². The summed E-state index contributed by atoms with van der Waals surface area (Å²) in [5.41, 5.74) is 2.99. The van der Waals surface area contributed by atoms with E-state index in [4.69, 9.17) is 0 Å². The van der Waals surface area contributed by atoms with E-state index >= 15 is 0 Å². The van der Waals surface area contributed by atoms with Gasteiger partial charge in [-0.05, 0) is 42.3 Å². The first-order valence-corrected chi connectivity index (χ1v) is 9.44. The molecule has 4 rings (SSSR count). The normalized spacial score (nSPS) is 14.5. The fraction of sp³-hybridized carbons (Fsp3) is 0.190. The van der Waals surface area contributed by atoms with Gasteiger partial charge in [-0.15, -0.1) is 0 Å². The van der Waals surface area contributed by atoms with Gasteiger partial charge in [-0.25, -0.2) is 14.5 Å². The zero-order valence-corrected chi connectivity index (χ0v) is 16.3. The van der Waals surface area contributed by atoms with Crippen LogP contribution in [0.5, 0.6) is 0 Å². The smallest absolute Gasteiger partial charge is 0.324 e. The number of amides is 4. The van der Waals surface area contributed by atoms with Crippen LogP contribution in [0, 0.1) is 0 Å². The average molecular weight is 404 g/mol. The van der Waals surface area contributed by atoms with Crippen LogP contribution in [0.4, 0.5) is 4.79 Å². The highest BCUT2D eigenvalue weighted by Gasteiger charge is 2.28. The van der Waals surface area contributed by atoms with Crippen molar-refractivity contribution in [1.29, 1.82) is 0 Å². The minimum absolute atomic E-state index is 0.00617. The molecular formula is C21H20N6O3. The summed E-state index contributed by atoms with van der Waals surface area (Å²) < 4.78 is 1.66. The van der Waals surface area contributed by atoms with Gasteiger partial charge in [0.25, 0.3) is 5.91 Å². The molecule has 1 atom stereocenters. The lowest BCUT2D eigenvalue weighted by molar-refractivity contribution is -0.125. The second-order valence-corrected chi connectivity index (χ2v) is 6.97. The minimum atomic E-state index is -0.419. The Morgan fingerprint density at radius 3 is 2.67 bits per heavy atom. The van der Waals surface area contributed by atoms with Crippen molar-refractivity contribution in [2.75, 3.05) is 6.54 Å². The molecule has 9 nitrogen and oxygen atoms in total. The molecule has 30 heavy (non-hydrogen) atoms. The third-order valence-corrected chi connectivity index (χ3v) is 4.89. The molecule has 0 radical (unpaired) electrons. The van der Waals surface area contributed by atoms with Crippen molar-refractivity contribution in [3.8, 4) is 5.69 Å². The lowest BCUT2D eigenvalue weighted by Gasteiger charge is -2.16. The van der Waals surface area contributed by atoms with E-state index in [0.717, 1.165) is 16.2 Å². The number of hydrogen-bond acceptors (Lipinski definition) is 5. The van der Waals surface area contributed by atoms with Gasteiger partial charge in [0.2, 0.25) is 5.91 Å². The molecule has 1 aliphatic rings. The number of aromatic nitrogens is 3. The highest BCUT2D eigenvalue weighted by molar-refractivity contribution is 6.02. The van der Waals surface area contributed by atoms with Gasteiger partial charge in [0, 0.05) is 5.56 Å². The van der Waals surface area contributed by atoms with E-state index in [0.29, 0.717) is 11.1 Å². The van der Waals surface area contributed by atoms with Crippen LogP contribution in [0.25, 0.3) is 5.69 Å². The van der Waals surface area contributed by atoms with E-state index in [1.807, 2.05) is 31.2 Å². The number of rotatable bonds is 6. The minimum Gasteiger partial charge on any atom is -0.346 e. The van der Waals surface area contributed by atoms with Crippen LogP contribution in [0.15, 0.2) is 61.2 Å². The summed E-state index contributed by atoms with van der Waals surface area (Å²) in [4.78, 5) is 41.2. The quantitative estimate of drug-likeness (QED) is 0.609. The summed E-state index contributed by atoms with van der Waals surface area (Å²) in [7, 11) is 0. The summed E-state index contributed by atoms with van der Waals surface area (Å²) in [6.45, 7) is 2.04. The van der Waals surface area contributed by atoms with Crippen LogP contribution >= 0.6 is 0 Å². The summed E-state index contributed by atoms with van der Waals surface area (Å²) >= 11 is 0. The van der Waals surface area contributed by atoms with Crippen LogP contribution in [-0.4, -0.2) is 44.1 Å². The van der Waals surface area contributed by atoms with Gasteiger partial charge < -0.3 is 10.6 Å². The number of nitrogens with one attached hydrogen (secondary N) is 2. The molecule has 2 N–H and O–H groups in total. The Kier molecular flexibility index (Phi) is 5.25. The number of hydrogen-bond donors (Lipinski definition) is 2. The monoisotopic (exact) mass is 404 g/mol. The van der Waals surface area contributed by atoms with E-state index in [1.165, 1.54) is 6.33 Å². The molecule has 0 unspecified atom stereocenters. The fourth-order valence-corrected chi connectivity index (χ4v) is 3.23. The Balaban J connectivity index is 1.42. The molecule has 2 aromatic carbocycles. The maximum Gasteiger partial charge on any atom is 0.324 e. The van der Waals surface area contributed by atoms with Crippen molar-refractivity contribution >= 4 is 17.8 Å². The van der Waals surface area contributed by atoms with E-state index < -0.39 is 6.03 Å². The topological polar surface area (TPSA) is 109 Å². The van der Waals surface area contributed by atoms with E-state index in [9.17, 15) is 14.4 Å². The molecule has 2 heterocycles. The molecule has 0 bridgehead atoms. The zero-order chi connectivity index (χ0) is 21.1. The molecular weight excluding hydrogens is 384 g/mol. The van der Waals surface area contributed by atoms with Crippen molar-refractivity contribution in [1.82, 2.24) is 30.3 Å². The van der Waals surface area contributed by atoms with Gasteiger partial charge in [-0.2, -0.15) is 5.10 Å². The maximum absolute atomic E-state index is 12.7. The largest absolute Gasteiger partial charge is 0.346 e. The summed E-state index contributed by atoms with van der Waals surface area (Å²) in [5.74, 6) is -0.514. The zero-order valence-electron chi connectivity index (χ0n) is 16.3. The SMILES string of the molecule is C[C@H](NC(=O)c1cccc(CN2C(=O)CNC2=O)c1)c1ccc(-n2cncn2)cc1. The van der Waals surface area contributed by atoms with Crippen molar-refractivity contribution in [3.05, 3.63) is 77.9 Å². The third-order valence-electron chi connectivity index (χ3n) is 4.89. The summed E-state index contributed by atoms with van der Waals surface area (Å²) in [6, 6.07) is 13.9. The highest BCUT2D eigenvalue weighted by Crippen LogP contribution is 2.17. The van der Waals surface area contributed by atoms with Gasteiger partial charge in [0.1, 0.15) is 12.7 Å². The van der Waals surface area contributed by atoms with Crippen LogP contribution in [0.3, 0.4) is 0 Å². The molecule has 1 fully saturated rings.